The fourth-order valence-electron chi connectivity index (χ4n) is 1.73. The summed E-state index contributed by atoms with van der Waals surface area (Å²) in [5.74, 6) is 5.82. The lowest BCUT2D eigenvalue weighted by Crippen LogP contribution is -2.31. The number of rotatable bonds is 5. The first kappa shape index (κ1) is 15.7. The Balaban J connectivity index is 2.67. The van der Waals surface area contributed by atoms with Crippen LogP contribution in [-0.4, -0.2) is 18.5 Å². The maximum Gasteiger partial charge on any atom is 0.261 e. The Morgan fingerprint density at radius 3 is 2.95 bits per heavy atom. The molecule has 0 aliphatic carbocycles. The van der Waals surface area contributed by atoms with Gasteiger partial charge >= 0.3 is 0 Å². The van der Waals surface area contributed by atoms with Crippen LogP contribution in [0.5, 0.6) is 0 Å². The number of unbranched alkanes of at least 4 members (excludes halogenated alkanes) is 1. The normalized spacial score (nSPS) is 11.6. The van der Waals surface area contributed by atoms with E-state index in [9.17, 15) is 4.79 Å². The summed E-state index contributed by atoms with van der Waals surface area (Å²) in [5, 5.41) is 3.03. The van der Waals surface area contributed by atoms with Crippen molar-refractivity contribution in [3.63, 3.8) is 0 Å². The minimum Gasteiger partial charge on any atom is -0.349 e. The van der Waals surface area contributed by atoms with E-state index in [2.05, 4.69) is 24.1 Å². The van der Waals surface area contributed by atoms with E-state index >= 15 is 0 Å². The van der Waals surface area contributed by atoms with Crippen molar-refractivity contribution in [1.29, 1.82) is 0 Å². The predicted octanol–water partition coefficient (Wildman–Crippen LogP) is 2.68. The summed E-state index contributed by atoms with van der Waals surface area (Å²) in [6.07, 6.45) is 3.31. The smallest absolute Gasteiger partial charge is 0.261 e. The van der Waals surface area contributed by atoms with Crippen LogP contribution < -0.4 is 11.1 Å². The summed E-state index contributed by atoms with van der Waals surface area (Å²) in [6.45, 7) is 6.50. The van der Waals surface area contributed by atoms with E-state index in [1.165, 1.54) is 11.3 Å². The van der Waals surface area contributed by atoms with Gasteiger partial charge in [-0.3, -0.25) is 4.79 Å². The second kappa shape index (κ2) is 7.98. The molecular formula is C15H22N2OS. The molecular weight excluding hydrogens is 256 g/mol. The van der Waals surface area contributed by atoms with Gasteiger partial charge in [-0.2, -0.15) is 0 Å². The third-order valence-electron chi connectivity index (χ3n) is 2.81. The molecule has 0 spiro atoms. The van der Waals surface area contributed by atoms with Crippen molar-refractivity contribution in [1.82, 2.24) is 5.32 Å². The van der Waals surface area contributed by atoms with Gasteiger partial charge in [0.25, 0.3) is 5.91 Å². The first-order chi connectivity index (χ1) is 9.08. The Hall–Kier alpha value is -1.31. The zero-order valence-electron chi connectivity index (χ0n) is 11.9. The zero-order valence-corrected chi connectivity index (χ0v) is 12.7. The SMILES string of the molecule is CCCCC(C)NC(=O)c1cc(C)c(C#CCN)s1. The Morgan fingerprint density at radius 1 is 1.58 bits per heavy atom. The number of nitrogens with one attached hydrogen (secondary N) is 1. The fraction of sp³-hybridized carbons (Fsp3) is 0.533. The number of hydrogen-bond acceptors (Lipinski definition) is 3. The first-order valence-electron chi connectivity index (χ1n) is 6.68. The summed E-state index contributed by atoms with van der Waals surface area (Å²) < 4.78 is 0. The van der Waals surface area contributed by atoms with Crippen molar-refractivity contribution in [2.75, 3.05) is 6.54 Å². The summed E-state index contributed by atoms with van der Waals surface area (Å²) in [6, 6.07) is 2.11. The molecule has 3 nitrogen and oxygen atoms in total. The van der Waals surface area contributed by atoms with Gasteiger partial charge in [0, 0.05) is 6.04 Å². The van der Waals surface area contributed by atoms with Crippen molar-refractivity contribution in [3.8, 4) is 11.8 Å². The molecule has 0 radical (unpaired) electrons. The highest BCUT2D eigenvalue weighted by atomic mass is 32.1. The quantitative estimate of drug-likeness (QED) is 0.814. The molecule has 0 saturated carbocycles. The van der Waals surface area contributed by atoms with Crippen LogP contribution in [0.1, 0.15) is 53.2 Å². The summed E-state index contributed by atoms with van der Waals surface area (Å²) in [7, 11) is 0. The van der Waals surface area contributed by atoms with E-state index in [4.69, 9.17) is 5.73 Å². The monoisotopic (exact) mass is 278 g/mol. The maximum atomic E-state index is 12.1. The Labute approximate surface area is 119 Å². The average Bonchev–Trinajstić information content (AvgIpc) is 2.75. The van der Waals surface area contributed by atoms with Gasteiger partial charge in [-0.1, -0.05) is 31.6 Å². The highest BCUT2D eigenvalue weighted by Crippen LogP contribution is 2.21. The minimum absolute atomic E-state index is 0.00231. The van der Waals surface area contributed by atoms with Gasteiger partial charge in [-0.15, -0.1) is 11.3 Å². The number of nitrogens with two attached hydrogens (primary N) is 1. The fourth-order valence-corrected chi connectivity index (χ4v) is 2.68. The van der Waals surface area contributed by atoms with Gasteiger partial charge in [-0.25, -0.2) is 0 Å². The molecule has 104 valence electrons. The van der Waals surface area contributed by atoms with Crippen LogP contribution >= 0.6 is 11.3 Å². The van der Waals surface area contributed by atoms with Crippen LogP contribution in [0.15, 0.2) is 6.07 Å². The van der Waals surface area contributed by atoms with Crippen molar-refractivity contribution in [3.05, 3.63) is 21.4 Å². The van der Waals surface area contributed by atoms with Crippen LogP contribution in [0, 0.1) is 18.8 Å². The third kappa shape index (κ3) is 5.06. The van der Waals surface area contributed by atoms with Crippen molar-refractivity contribution < 1.29 is 4.79 Å². The van der Waals surface area contributed by atoms with E-state index in [0.717, 1.165) is 34.6 Å². The molecule has 0 aliphatic heterocycles. The van der Waals surface area contributed by atoms with Gasteiger partial charge in [-0.05, 0) is 31.9 Å². The molecule has 4 heteroatoms. The van der Waals surface area contributed by atoms with Gasteiger partial charge in [0.15, 0.2) is 0 Å². The lowest BCUT2D eigenvalue weighted by molar-refractivity contribution is 0.0942. The molecule has 3 N–H and O–H groups in total. The van der Waals surface area contributed by atoms with E-state index in [1.54, 1.807) is 0 Å². The molecule has 1 rings (SSSR count). The van der Waals surface area contributed by atoms with Gasteiger partial charge in [0.2, 0.25) is 0 Å². The van der Waals surface area contributed by atoms with Crippen molar-refractivity contribution >= 4 is 17.2 Å². The summed E-state index contributed by atoms with van der Waals surface area (Å²) >= 11 is 1.43. The molecule has 1 aromatic heterocycles. The van der Waals surface area contributed by atoms with Crippen LogP contribution in [-0.2, 0) is 0 Å². The third-order valence-corrected chi connectivity index (χ3v) is 3.97. The van der Waals surface area contributed by atoms with Crippen molar-refractivity contribution in [2.24, 2.45) is 5.73 Å². The first-order valence-corrected chi connectivity index (χ1v) is 7.50. The van der Waals surface area contributed by atoms with Crippen LogP contribution in [0.25, 0.3) is 0 Å². The van der Waals surface area contributed by atoms with E-state index in [0.29, 0.717) is 6.54 Å². The Bertz CT molecular complexity index is 482. The Morgan fingerprint density at radius 2 is 2.32 bits per heavy atom. The molecule has 1 atom stereocenters. The van der Waals surface area contributed by atoms with Gasteiger partial charge in [0.05, 0.1) is 16.3 Å². The maximum absolute atomic E-state index is 12.1. The van der Waals surface area contributed by atoms with E-state index < -0.39 is 0 Å². The predicted molar refractivity (Wildman–Crippen MR) is 81.4 cm³/mol. The number of aryl methyl sites for hydroxylation is 1. The number of carbonyl (C=O) groups excluding carboxylic acids is 1. The number of amides is 1. The number of carbonyl (C=O) groups is 1. The lowest BCUT2D eigenvalue weighted by Gasteiger charge is -2.12. The molecule has 1 unspecified atom stereocenters. The van der Waals surface area contributed by atoms with Gasteiger partial charge in [0.1, 0.15) is 0 Å². The summed E-state index contributed by atoms with van der Waals surface area (Å²) in [5.41, 5.74) is 6.40. The van der Waals surface area contributed by atoms with E-state index in [1.807, 2.05) is 19.9 Å². The van der Waals surface area contributed by atoms with Crippen LogP contribution in [0.4, 0.5) is 0 Å². The van der Waals surface area contributed by atoms with E-state index in [-0.39, 0.29) is 11.9 Å². The van der Waals surface area contributed by atoms with Gasteiger partial charge < -0.3 is 11.1 Å². The van der Waals surface area contributed by atoms with Crippen molar-refractivity contribution in [2.45, 2.75) is 46.1 Å². The van der Waals surface area contributed by atoms with Crippen LogP contribution in [0.2, 0.25) is 0 Å². The second-order valence-electron chi connectivity index (χ2n) is 4.65. The molecule has 1 heterocycles. The lowest BCUT2D eigenvalue weighted by atomic mass is 10.1. The second-order valence-corrected chi connectivity index (χ2v) is 5.70. The standard InChI is InChI=1S/C15H22N2OS/c1-4-5-7-12(3)17-15(18)14-10-11(2)13(19-14)8-6-9-16/h10,12H,4-5,7,9,16H2,1-3H3,(H,17,18). The number of hydrogen-bond donors (Lipinski definition) is 2. The molecule has 0 fully saturated rings. The largest absolute Gasteiger partial charge is 0.349 e. The average molecular weight is 278 g/mol. The molecule has 0 bridgehead atoms. The number of thiophene rings is 1. The topological polar surface area (TPSA) is 55.1 Å². The molecule has 0 aromatic carbocycles. The molecule has 19 heavy (non-hydrogen) atoms. The minimum atomic E-state index is -0.00231. The molecule has 0 aliphatic rings. The zero-order chi connectivity index (χ0) is 14.3. The Kier molecular flexibility index (Phi) is 6.61. The molecule has 1 aromatic rings. The molecule has 1 amide bonds. The highest BCUT2D eigenvalue weighted by Gasteiger charge is 2.13. The summed E-state index contributed by atoms with van der Waals surface area (Å²) in [4.78, 5) is 13.7. The highest BCUT2D eigenvalue weighted by molar-refractivity contribution is 7.14. The van der Waals surface area contributed by atoms with Crippen LogP contribution in [0.3, 0.4) is 0 Å². The molecule has 0 saturated heterocycles.